The summed E-state index contributed by atoms with van der Waals surface area (Å²) in [5.41, 5.74) is 0. The molecule has 0 radical (unpaired) electrons. The number of hydrogen-bond acceptors (Lipinski definition) is 7. The summed E-state index contributed by atoms with van der Waals surface area (Å²) in [5, 5.41) is 8.42. The first kappa shape index (κ1) is 16.9. The van der Waals surface area contributed by atoms with Gasteiger partial charge in [-0.05, 0) is 0 Å². The third-order valence-electron chi connectivity index (χ3n) is 1.55. The fourth-order valence-electron chi connectivity index (χ4n) is 0.830. The van der Waals surface area contributed by atoms with E-state index in [0.29, 0.717) is 39.6 Å². The molecule has 0 aromatic heterocycles. The van der Waals surface area contributed by atoms with Gasteiger partial charge in [-0.1, -0.05) is 0 Å². The van der Waals surface area contributed by atoms with Crippen molar-refractivity contribution in [2.75, 3.05) is 60.0 Å². The Balaban J connectivity index is 2.96. The zero-order chi connectivity index (χ0) is 12.8. The van der Waals surface area contributed by atoms with Crippen molar-refractivity contribution < 1.29 is 32.9 Å². The molecule has 0 heterocycles. The molecule has 0 saturated carbocycles. The van der Waals surface area contributed by atoms with Crippen LogP contribution in [0.5, 0.6) is 0 Å². The van der Waals surface area contributed by atoms with Crippen LogP contribution in [0.3, 0.4) is 0 Å². The summed E-state index contributed by atoms with van der Waals surface area (Å²) in [7, 11) is -0.701. The van der Waals surface area contributed by atoms with Crippen molar-refractivity contribution in [2.24, 2.45) is 0 Å². The molecule has 0 bridgehead atoms. The molecule has 0 fully saturated rings. The first-order valence-corrected chi connectivity index (χ1v) is 6.39. The van der Waals surface area contributed by atoms with E-state index in [2.05, 4.69) is 4.52 Å². The summed E-state index contributed by atoms with van der Waals surface area (Å²) in [6, 6.07) is 0. The van der Waals surface area contributed by atoms with Crippen molar-refractivity contribution in [3.63, 3.8) is 0 Å². The van der Waals surface area contributed by atoms with Crippen molar-refractivity contribution in [2.45, 2.75) is 0 Å². The Bertz CT molecular complexity index is 179. The average Bonchev–Trinajstić information content (AvgIpc) is 2.35. The van der Waals surface area contributed by atoms with Gasteiger partial charge in [0.1, 0.15) is 6.61 Å². The molecule has 0 aromatic carbocycles. The van der Waals surface area contributed by atoms with Gasteiger partial charge in [0.05, 0.1) is 53.4 Å². The van der Waals surface area contributed by atoms with E-state index in [4.69, 9.17) is 23.8 Å². The van der Waals surface area contributed by atoms with Gasteiger partial charge in [-0.15, -0.1) is 9.05 Å². The molecular weight excluding hydrogens is 251 g/mol. The third-order valence-corrected chi connectivity index (χ3v) is 2.24. The van der Waals surface area contributed by atoms with Crippen LogP contribution < -0.4 is 0 Å². The highest BCUT2D eigenvalue weighted by Gasteiger charge is 2.15. The molecule has 0 saturated heterocycles. The topological polar surface area (TPSA) is 83.5 Å². The van der Waals surface area contributed by atoms with E-state index >= 15 is 0 Å². The Morgan fingerprint density at radius 1 is 0.882 bits per heavy atom. The van der Waals surface area contributed by atoms with Gasteiger partial charge in [0.2, 0.25) is 0 Å². The van der Waals surface area contributed by atoms with Crippen LogP contribution in [-0.2, 0) is 27.8 Å². The van der Waals surface area contributed by atoms with Crippen molar-refractivity contribution >= 4 is 8.25 Å². The molecule has 0 aliphatic heterocycles. The molecule has 8 heteroatoms. The summed E-state index contributed by atoms with van der Waals surface area (Å²) in [6.45, 7) is 2.73. The van der Waals surface area contributed by atoms with Crippen molar-refractivity contribution in [1.29, 1.82) is 0 Å². The number of aliphatic hydroxyl groups is 1. The van der Waals surface area contributed by atoms with Crippen molar-refractivity contribution in [3.8, 4) is 0 Å². The zero-order valence-corrected chi connectivity index (χ0v) is 10.9. The average molecular weight is 271 g/mol. The molecule has 17 heavy (non-hydrogen) atoms. The molecule has 0 aliphatic carbocycles. The quantitative estimate of drug-likeness (QED) is 0.382. The molecule has 102 valence electrons. The maximum Gasteiger partial charge on any atom is 0.697 e. The highest BCUT2D eigenvalue weighted by Crippen LogP contribution is 2.20. The minimum atomic E-state index is -2.01. The fraction of sp³-hybridized carbons (Fsp3) is 1.00. The Hall–Kier alpha value is -0.140. The third kappa shape index (κ3) is 13.8. The number of rotatable bonds is 13. The van der Waals surface area contributed by atoms with Crippen molar-refractivity contribution in [3.05, 3.63) is 0 Å². The van der Waals surface area contributed by atoms with Gasteiger partial charge in [-0.2, -0.15) is 0 Å². The smallest absolute Gasteiger partial charge is 0.394 e. The van der Waals surface area contributed by atoms with Gasteiger partial charge in [-0.25, -0.2) is 0 Å². The monoisotopic (exact) mass is 271 g/mol. The Kier molecular flexibility index (Phi) is 13.8. The standard InChI is InChI=1S/C9H20O7P/c1-12-17(11)16-9-8-15-7-6-14-5-4-13-3-2-10/h10H,2-9H2,1H3/q+1. The second kappa shape index (κ2) is 13.9. The molecule has 1 atom stereocenters. The van der Waals surface area contributed by atoms with E-state index < -0.39 is 8.25 Å². The molecule has 0 aromatic rings. The fourth-order valence-corrected chi connectivity index (χ4v) is 1.16. The first-order valence-electron chi connectivity index (χ1n) is 5.29. The van der Waals surface area contributed by atoms with Crippen LogP contribution in [0.2, 0.25) is 0 Å². The maximum absolute atomic E-state index is 10.7. The van der Waals surface area contributed by atoms with E-state index in [9.17, 15) is 4.57 Å². The summed E-state index contributed by atoms with van der Waals surface area (Å²) in [4.78, 5) is 0. The Labute approximate surface area is 102 Å². The summed E-state index contributed by atoms with van der Waals surface area (Å²) < 4.78 is 35.1. The molecule has 0 rings (SSSR count). The first-order chi connectivity index (χ1) is 8.31. The predicted molar refractivity (Wildman–Crippen MR) is 60.1 cm³/mol. The van der Waals surface area contributed by atoms with E-state index in [1.807, 2.05) is 0 Å². The molecule has 0 spiro atoms. The highest BCUT2D eigenvalue weighted by atomic mass is 31.1. The van der Waals surface area contributed by atoms with Gasteiger partial charge >= 0.3 is 8.25 Å². The highest BCUT2D eigenvalue weighted by molar-refractivity contribution is 7.33. The van der Waals surface area contributed by atoms with Crippen LogP contribution in [0.1, 0.15) is 0 Å². The van der Waals surface area contributed by atoms with Crippen LogP contribution in [0.25, 0.3) is 0 Å². The predicted octanol–water partition coefficient (Wildman–Crippen LogP) is 0.349. The van der Waals surface area contributed by atoms with Crippen LogP contribution in [0.4, 0.5) is 0 Å². The lowest BCUT2D eigenvalue weighted by Crippen LogP contribution is -2.12. The SMILES string of the molecule is CO[P+](=O)OCCOCCOCCOCCO. The maximum atomic E-state index is 10.7. The number of hydrogen-bond donors (Lipinski definition) is 1. The second-order valence-electron chi connectivity index (χ2n) is 2.80. The van der Waals surface area contributed by atoms with E-state index in [1.165, 1.54) is 7.11 Å². The molecule has 1 unspecified atom stereocenters. The van der Waals surface area contributed by atoms with Crippen LogP contribution >= 0.6 is 8.25 Å². The van der Waals surface area contributed by atoms with E-state index in [-0.39, 0.29) is 13.2 Å². The number of aliphatic hydroxyl groups excluding tert-OH is 1. The molecule has 7 nitrogen and oxygen atoms in total. The largest absolute Gasteiger partial charge is 0.697 e. The van der Waals surface area contributed by atoms with Gasteiger partial charge in [-0.3, -0.25) is 0 Å². The Morgan fingerprint density at radius 2 is 1.35 bits per heavy atom. The molecule has 0 aliphatic rings. The normalized spacial score (nSPS) is 11.8. The molecule has 1 N–H and O–H groups in total. The van der Waals surface area contributed by atoms with Gasteiger partial charge < -0.3 is 19.3 Å². The minimum Gasteiger partial charge on any atom is -0.394 e. The van der Waals surface area contributed by atoms with Gasteiger partial charge in [0.15, 0.2) is 0 Å². The summed E-state index contributed by atoms with van der Waals surface area (Å²) in [5.74, 6) is 0. The van der Waals surface area contributed by atoms with Crippen LogP contribution in [0, 0.1) is 0 Å². The lowest BCUT2D eigenvalue weighted by Gasteiger charge is -2.04. The lowest BCUT2D eigenvalue weighted by molar-refractivity contribution is 0.00338. The van der Waals surface area contributed by atoms with Gasteiger partial charge in [0.25, 0.3) is 0 Å². The summed E-state index contributed by atoms with van der Waals surface area (Å²) >= 11 is 0. The van der Waals surface area contributed by atoms with Crippen LogP contribution in [0.15, 0.2) is 0 Å². The molecule has 0 amide bonds. The Morgan fingerprint density at radius 3 is 1.82 bits per heavy atom. The lowest BCUT2D eigenvalue weighted by atomic mass is 10.7. The number of ether oxygens (including phenoxy) is 3. The van der Waals surface area contributed by atoms with E-state index in [0.717, 1.165) is 0 Å². The minimum absolute atomic E-state index is 0.0207. The second-order valence-corrected chi connectivity index (χ2v) is 3.87. The van der Waals surface area contributed by atoms with Crippen LogP contribution in [-0.4, -0.2) is 65.1 Å². The summed E-state index contributed by atoms with van der Waals surface area (Å²) in [6.07, 6.45) is 0. The van der Waals surface area contributed by atoms with Crippen molar-refractivity contribution in [1.82, 2.24) is 0 Å². The zero-order valence-electron chi connectivity index (χ0n) is 10.0. The molecular formula is C9H20O7P+. The van der Waals surface area contributed by atoms with E-state index in [1.54, 1.807) is 0 Å². The van der Waals surface area contributed by atoms with Gasteiger partial charge in [0, 0.05) is 4.57 Å².